The van der Waals surface area contributed by atoms with Crippen molar-refractivity contribution < 1.29 is 5.48 Å². The van der Waals surface area contributed by atoms with Crippen LogP contribution in [0.4, 0.5) is 34.1 Å². The third kappa shape index (κ3) is 5.48. The average molecular weight is 757 g/mol. The molecular weight excluding hydrogens is 713 g/mol. The van der Waals surface area contributed by atoms with Crippen molar-refractivity contribution in [1.29, 1.82) is 0 Å². The molecule has 0 N–H and O–H groups in total. The van der Waals surface area contributed by atoms with Gasteiger partial charge >= 0.3 is 0 Å². The molecule has 0 bridgehead atoms. The van der Waals surface area contributed by atoms with Gasteiger partial charge in [-0.3, -0.25) is 0 Å². The largest absolute Gasteiger partial charge is 0.310 e. The number of para-hydroxylation sites is 2. The van der Waals surface area contributed by atoms with Crippen molar-refractivity contribution in [3.63, 3.8) is 0 Å². The van der Waals surface area contributed by atoms with E-state index in [2.05, 4.69) is 126 Å². The van der Waals surface area contributed by atoms with Gasteiger partial charge in [0, 0.05) is 39.2 Å². The van der Waals surface area contributed by atoms with Gasteiger partial charge in [-0.15, -0.1) is 0 Å². The Morgan fingerprint density at radius 2 is 0.949 bits per heavy atom. The van der Waals surface area contributed by atoms with Crippen molar-refractivity contribution in [2.75, 3.05) is 9.80 Å². The smallest absolute Gasteiger partial charge is 0.0645 e. The third-order valence-electron chi connectivity index (χ3n) is 12.5. The number of fused-ring (bicyclic) bond motifs is 6. The Labute approximate surface area is 350 Å². The van der Waals surface area contributed by atoms with Crippen LogP contribution in [0.5, 0.6) is 0 Å². The minimum Gasteiger partial charge on any atom is -0.310 e. The summed E-state index contributed by atoms with van der Waals surface area (Å²) in [7, 11) is 0. The number of nitrogens with zero attached hydrogens (tertiary/aromatic N) is 2. The van der Waals surface area contributed by atoms with Crippen LogP contribution >= 0.6 is 0 Å². The maximum atomic E-state index is 9.55. The first-order chi connectivity index (χ1) is 30.9. The molecule has 0 aromatic heterocycles. The van der Waals surface area contributed by atoms with E-state index in [1.165, 1.54) is 38.2 Å². The summed E-state index contributed by atoms with van der Waals surface area (Å²) in [5.41, 5.74) is 10.6. The zero-order valence-electron chi connectivity index (χ0n) is 36.3. The van der Waals surface area contributed by atoms with Gasteiger partial charge < -0.3 is 9.80 Å². The molecule has 0 radical (unpaired) electrons. The molecule has 1 saturated carbocycles. The molecule has 10 aromatic rings. The lowest BCUT2D eigenvalue weighted by molar-refractivity contribution is 0.853. The van der Waals surface area contributed by atoms with Gasteiger partial charge in [0.15, 0.2) is 0 Å². The molecule has 0 saturated heterocycles. The number of hydrogen-bond donors (Lipinski definition) is 0. The molecule has 2 aliphatic carbocycles. The summed E-state index contributed by atoms with van der Waals surface area (Å²) in [6, 6.07) is 66.9. The lowest BCUT2D eigenvalue weighted by Gasteiger charge is -2.33. The highest BCUT2D eigenvalue weighted by molar-refractivity contribution is 6.11. The molecule has 12 rings (SSSR count). The van der Waals surface area contributed by atoms with Crippen LogP contribution in [-0.4, -0.2) is 0 Å². The van der Waals surface area contributed by atoms with Gasteiger partial charge in [-0.25, -0.2) is 0 Å². The van der Waals surface area contributed by atoms with Crippen LogP contribution in [0.15, 0.2) is 218 Å². The van der Waals surface area contributed by atoms with Gasteiger partial charge in [0.1, 0.15) is 0 Å². The molecule has 2 nitrogen and oxygen atoms in total. The quantitative estimate of drug-likeness (QED) is 0.160. The van der Waals surface area contributed by atoms with E-state index in [0.29, 0.717) is 11.1 Å². The van der Waals surface area contributed by atoms with Crippen LogP contribution in [0.1, 0.15) is 29.5 Å². The zero-order valence-corrected chi connectivity index (χ0v) is 32.3. The Morgan fingerprint density at radius 3 is 1.59 bits per heavy atom. The molecule has 0 amide bonds. The van der Waals surface area contributed by atoms with Crippen LogP contribution in [-0.2, 0) is 5.41 Å². The van der Waals surface area contributed by atoms with E-state index >= 15 is 0 Å². The summed E-state index contributed by atoms with van der Waals surface area (Å²) in [4.78, 5) is 4.23. The fourth-order valence-corrected chi connectivity index (χ4v) is 9.53. The highest BCUT2D eigenvalue weighted by atomic mass is 15.1. The molecule has 0 atom stereocenters. The summed E-state index contributed by atoms with van der Waals surface area (Å²) >= 11 is 0. The summed E-state index contributed by atoms with van der Waals surface area (Å²) in [6.45, 7) is 0. The minimum atomic E-state index is -0.213. The summed E-state index contributed by atoms with van der Waals surface area (Å²) in [5.74, 6) is 0. The SMILES string of the molecule is [2H]c1c([2H])c(N(c2ccccc2)c2ccc3ccccc3c2)c([2H])c([2H])c1-c1ccc2c(c1)C1(CC1)c1cccc3c(N(c4ccccc4)c4ccc5ccccc5c4)ccc-2c13. The minimum absolute atomic E-state index is 0.0600. The Bertz CT molecular complexity index is 3440. The summed E-state index contributed by atoms with van der Waals surface area (Å²) in [6.07, 6.45) is 1.98. The van der Waals surface area contributed by atoms with Crippen molar-refractivity contribution in [3.8, 4) is 22.3 Å². The number of benzene rings is 10. The molecule has 1 fully saturated rings. The van der Waals surface area contributed by atoms with E-state index in [-0.39, 0.29) is 35.3 Å². The van der Waals surface area contributed by atoms with Crippen molar-refractivity contribution >= 4 is 66.4 Å². The van der Waals surface area contributed by atoms with Gasteiger partial charge in [-0.2, -0.15) is 0 Å². The summed E-state index contributed by atoms with van der Waals surface area (Å²) < 4.78 is 38.2. The lowest BCUT2D eigenvalue weighted by Crippen LogP contribution is -2.17. The first-order valence-electron chi connectivity index (χ1n) is 22.4. The van der Waals surface area contributed by atoms with Crippen LogP contribution in [0, 0.1) is 0 Å². The molecule has 2 heteroatoms. The second-order valence-electron chi connectivity index (χ2n) is 15.8. The van der Waals surface area contributed by atoms with E-state index in [0.717, 1.165) is 57.6 Å². The molecule has 2 aliphatic rings. The zero-order chi connectivity index (χ0) is 42.4. The Hall–Kier alpha value is -7.42. The number of anilines is 6. The van der Waals surface area contributed by atoms with Crippen molar-refractivity contribution in [2.45, 2.75) is 18.3 Å². The lowest BCUT2D eigenvalue weighted by atomic mass is 9.73. The highest BCUT2D eigenvalue weighted by Gasteiger charge is 2.50. The molecule has 0 aliphatic heterocycles. The topological polar surface area (TPSA) is 6.48 Å². The Balaban J connectivity index is 1.00. The fraction of sp³-hybridized carbons (Fsp3) is 0.0526. The first kappa shape index (κ1) is 29.8. The van der Waals surface area contributed by atoms with Crippen LogP contribution in [0.3, 0.4) is 0 Å². The van der Waals surface area contributed by atoms with E-state index in [1.54, 1.807) is 0 Å². The van der Waals surface area contributed by atoms with Crippen molar-refractivity contribution in [1.82, 2.24) is 0 Å². The highest BCUT2D eigenvalue weighted by Crippen LogP contribution is 2.62. The second kappa shape index (κ2) is 13.3. The standard InChI is InChI=1S/C57H40N2/c1-3-16-45(17-4-1)58(48-29-24-39-12-7-9-14-42(39)36-48)47-27-22-41(23-28-47)44-26-31-50-51-32-33-55(52-20-11-21-53(56(51)52)57(34-35-57)54(50)38-44)59(46-18-5-2-6-19-46)49-30-25-40-13-8-10-15-43(40)37-49/h1-33,36-38H,34-35H2/i22D,23D,27D,28D. The average Bonchev–Trinajstić information content (AvgIpc) is 4.14. The van der Waals surface area contributed by atoms with Crippen molar-refractivity contribution in [2.24, 2.45) is 0 Å². The molecule has 278 valence electrons. The maximum Gasteiger partial charge on any atom is 0.0645 e. The second-order valence-corrected chi connectivity index (χ2v) is 15.8. The molecule has 1 spiro atoms. The van der Waals surface area contributed by atoms with Crippen LogP contribution in [0.2, 0.25) is 0 Å². The molecule has 10 aromatic carbocycles. The van der Waals surface area contributed by atoms with E-state index in [4.69, 9.17) is 0 Å². The maximum absolute atomic E-state index is 9.55. The van der Waals surface area contributed by atoms with Gasteiger partial charge in [0.25, 0.3) is 0 Å². The molecular formula is C57H40N2. The Kier molecular flexibility index (Phi) is 6.73. The predicted octanol–water partition coefficient (Wildman–Crippen LogP) is 15.8. The molecule has 0 heterocycles. The van der Waals surface area contributed by atoms with Gasteiger partial charge in [-0.1, -0.05) is 146 Å². The first-order valence-corrected chi connectivity index (χ1v) is 20.4. The Morgan fingerprint density at radius 1 is 0.373 bits per heavy atom. The van der Waals surface area contributed by atoms with Crippen molar-refractivity contribution in [3.05, 3.63) is 229 Å². The summed E-state index contributed by atoms with van der Waals surface area (Å²) in [5, 5.41) is 6.95. The predicted molar refractivity (Wildman–Crippen MR) is 249 cm³/mol. The number of rotatable bonds is 7. The van der Waals surface area contributed by atoms with Crippen LogP contribution in [0.25, 0.3) is 54.6 Å². The van der Waals surface area contributed by atoms with Crippen LogP contribution < -0.4 is 9.80 Å². The van der Waals surface area contributed by atoms with Gasteiger partial charge in [0.2, 0.25) is 0 Å². The van der Waals surface area contributed by atoms with Gasteiger partial charge in [-0.05, 0) is 146 Å². The normalized spacial score (nSPS) is 14.4. The van der Waals surface area contributed by atoms with E-state index in [1.807, 2.05) is 77.7 Å². The monoisotopic (exact) mass is 756 g/mol. The fourth-order valence-electron chi connectivity index (χ4n) is 9.53. The third-order valence-corrected chi connectivity index (χ3v) is 12.5. The molecule has 0 unspecified atom stereocenters. The van der Waals surface area contributed by atoms with Gasteiger partial charge in [0.05, 0.1) is 11.2 Å². The number of hydrogen-bond acceptors (Lipinski definition) is 2. The molecule has 59 heavy (non-hydrogen) atoms. The van der Waals surface area contributed by atoms with E-state index < -0.39 is 0 Å². The van der Waals surface area contributed by atoms with E-state index in [9.17, 15) is 5.48 Å².